The summed E-state index contributed by atoms with van der Waals surface area (Å²) in [6, 6.07) is -0.180. The average molecular weight is 241 g/mol. The molecule has 2 fully saturated rings. The van der Waals surface area contributed by atoms with Crippen molar-refractivity contribution in [3.63, 3.8) is 0 Å². The SMILES string of the molecule is CN(C(=O)CN1CCCC1=O)[C@@H]1CNC[C@H]1O. The summed E-state index contributed by atoms with van der Waals surface area (Å²) in [5, 5.41) is 12.7. The first-order valence-corrected chi connectivity index (χ1v) is 6.02. The lowest BCUT2D eigenvalue weighted by atomic mass is 10.2. The Balaban J connectivity index is 1.88. The monoisotopic (exact) mass is 241 g/mol. The second kappa shape index (κ2) is 5.01. The minimum atomic E-state index is -0.516. The van der Waals surface area contributed by atoms with Gasteiger partial charge in [0.25, 0.3) is 0 Å². The Morgan fingerprint density at radius 3 is 2.88 bits per heavy atom. The summed E-state index contributed by atoms with van der Waals surface area (Å²) in [6.45, 7) is 1.94. The van der Waals surface area contributed by atoms with Crippen molar-refractivity contribution in [2.75, 3.05) is 33.2 Å². The molecular formula is C11H19N3O3. The lowest BCUT2D eigenvalue weighted by Crippen LogP contribution is -2.48. The number of hydrogen-bond acceptors (Lipinski definition) is 4. The molecule has 2 amide bonds. The van der Waals surface area contributed by atoms with E-state index >= 15 is 0 Å². The third-order valence-corrected chi connectivity index (χ3v) is 3.54. The molecule has 96 valence electrons. The molecule has 0 aromatic carbocycles. The van der Waals surface area contributed by atoms with Crippen molar-refractivity contribution in [2.24, 2.45) is 0 Å². The zero-order valence-corrected chi connectivity index (χ0v) is 10.1. The zero-order chi connectivity index (χ0) is 12.4. The Labute approximate surface area is 101 Å². The molecule has 0 aromatic heterocycles. The lowest BCUT2D eigenvalue weighted by Gasteiger charge is -2.28. The fourth-order valence-corrected chi connectivity index (χ4v) is 2.38. The Hall–Kier alpha value is -1.14. The van der Waals surface area contributed by atoms with Crippen LogP contribution in [-0.2, 0) is 9.59 Å². The minimum absolute atomic E-state index is 0.0526. The maximum Gasteiger partial charge on any atom is 0.242 e. The fraction of sp³-hybridized carbons (Fsp3) is 0.818. The minimum Gasteiger partial charge on any atom is -0.390 e. The Morgan fingerprint density at radius 1 is 1.59 bits per heavy atom. The molecule has 0 saturated carbocycles. The van der Waals surface area contributed by atoms with Crippen LogP contribution in [0.1, 0.15) is 12.8 Å². The molecule has 2 saturated heterocycles. The molecular weight excluding hydrogens is 222 g/mol. The molecule has 0 bridgehead atoms. The van der Waals surface area contributed by atoms with Crippen LogP contribution in [0.2, 0.25) is 0 Å². The molecule has 6 nitrogen and oxygen atoms in total. The summed E-state index contributed by atoms with van der Waals surface area (Å²) in [5.41, 5.74) is 0. The Bertz CT molecular complexity index is 321. The van der Waals surface area contributed by atoms with Gasteiger partial charge in [-0.15, -0.1) is 0 Å². The molecule has 2 aliphatic heterocycles. The topological polar surface area (TPSA) is 72.9 Å². The van der Waals surface area contributed by atoms with Crippen LogP contribution in [0.5, 0.6) is 0 Å². The summed E-state index contributed by atoms with van der Waals surface area (Å²) in [6.07, 6.45) is 0.867. The van der Waals surface area contributed by atoms with E-state index in [4.69, 9.17) is 0 Å². The zero-order valence-electron chi connectivity index (χ0n) is 10.1. The van der Waals surface area contributed by atoms with E-state index in [0.29, 0.717) is 26.1 Å². The highest BCUT2D eigenvalue weighted by molar-refractivity contribution is 5.86. The highest BCUT2D eigenvalue weighted by Gasteiger charge is 2.32. The van der Waals surface area contributed by atoms with Crippen LogP contribution in [0.3, 0.4) is 0 Å². The summed E-state index contributed by atoms with van der Waals surface area (Å²) in [4.78, 5) is 26.5. The maximum atomic E-state index is 12.0. The molecule has 2 N–H and O–H groups in total. The Morgan fingerprint density at radius 2 is 2.35 bits per heavy atom. The predicted octanol–water partition coefficient (Wildman–Crippen LogP) is -1.60. The largest absolute Gasteiger partial charge is 0.390 e. The van der Waals surface area contributed by atoms with E-state index < -0.39 is 6.10 Å². The number of likely N-dealkylation sites (N-methyl/N-ethyl adjacent to an activating group) is 1. The van der Waals surface area contributed by atoms with E-state index in [0.717, 1.165) is 6.42 Å². The van der Waals surface area contributed by atoms with Crippen LogP contribution >= 0.6 is 0 Å². The van der Waals surface area contributed by atoms with Crippen LogP contribution in [0.15, 0.2) is 0 Å². The number of amides is 2. The van der Waals surface area contributed by atoms with E-state index in [-0.39, 0.29) is 24.4 Å². The van der Waals surface area contributed by atoms with Crippen LogP contribution in [0, 0.1) is 0 Å². The average Bonchev–Trinajstić information content (AvgIpc) is 2.88. The molecule has 2 atom stereocenters. The van der Waals surface area contributed by atoms with Crippen molar-refractivity contribution in [1.29, 1.82) is 0 Å². The van der Waals surface area contributed by atoms with Crippen molar-refractivity contribution in [3.8, 4) is 0 Å². The van der Waals surface area contributed by atoms with E-state index in [1.807, 2.05) is 0 Å². The van der Waals surface area contributed by atoms with Crippen molar-refractivity contribution in [3.05, 3.63) is 0 Å². The van der Waals surface area contributed by atoms with Crippen LogP contribution in [0.4, 0.5) is 0 Å². The molecule has 2 rings (SSSR count). The second-order valence-corrected chi connectivity index (χ2v) is 4.72. The van der Waals surface area contributed by atoms with Crippen LogP contribution in [-0.4, -0.2) is 72.1 Å². The summed E-state index contributed by atoms with van der Waals surface area (Å²) >= 11 is 0. The molecule has 6 heteroatoms. The number of β-amino-alcohol motifs (C(OH)–C–C–N with tert-alkyl or cyclic N) is 1. The van der Waals surface area contributed by atoms with E-state index in [1.165, 1.54) is 0 Å². The predicted molar refractivity (Wildman–Crippen MR) is 61.2 cm³/mol. The van der Waals surface area contributed by atoms with Crippen molar-refractivity contribution < 1.29 is 14.7 Å². The molecule has 17 heavy (non-hydrogen) atoms. The van der Waals surface area contributed by atoms with Crippen LogP contribution < -0.4 is 5.32 Å². The summed E-state index contributed by atoms with van der Waals surface area (Å²) in [5.74, 6) is -0.0511. The van der Waals surface area contributed by atoms with E-state index in [9.17, 15) is 14.7 Å². The number of carbonyl (C=O) groups excluding carboxylic acids is 2. The maximum absolute atomic E-state index is 12.0. The summed E-state index contributed by atoms with van der Waals surface area (Å²) in [7, 11) is 1.68. The number of carbonyl (C=O) groups is 2. The molecule has 0 radical (unpaired) electrons. The summed E-state index contributed by atoms with van der Waals surface area (Å²) < 4.78 is 0. The van der Waals surface area contributed by atoms with Crippen molar-refractivity contribution in [1.82, 2.24) is 15.1 Å². The quantitative estimate of drug-likeness (QED) is 0.624. The molecule has 0 spiro atoms. The number of hydrogen-bond donors (Lipinski definition) is 2. The normalized spacial score (nSPS) is 28.8. The van der Waals surface area contributed by atoms with Gasteiger partial charge in [0.1, 0.15) is 0 Å². The van der Waals surface area contributed by atoms with Crippen LogP contribution in [0.25, 0.3) is 0 Å². The van der Waals surface area contributed by atoms with Gasteiger partial charge in [-0.25, -0.2) is 0 Å². The number of nitrogens with zero attached hydrogens (tertiary/aromatic N) is 2. The van der Waals surface area contributed by atoms with Gasteiger partial charge in [-0.2, -0.15) is 0 Å². The highest BCUT2D eigenvalue weighted by atomic mass is 16.3. The first kappa shape index (κ1) is 12.3. The lowest BCUT2D eigenvalue weighted by molar-refractivity contribution is -0.139. The number of aliphatic hydroxyl groups is 1. The first-order chi connectivity index (χ1) is 8.09. The van der Waals surface area contributed by atoms with Crippen molar-refractivity contribution in [2.45, 2.75) is 25.0 Å². The number of likely N-dealkylation sites (tertiary alicyclic amines) is 1. The van der Waals surface area contributed by atoms with E-state index in [2.05, 4.69) is 5.32 Å². The van der Waals surface area contributed by atoms with Gasteiger partial charge in [0.05, 0.1) is 18.7 Å². The fourth-order valence-electron chi connectivity index (χ4n) is 2.38. The van der Waals surface area contributed by atoms with Crippen molar-refractivity contribution >= 4 is 11.8 Å². The third kappa shape index (κ3) is 2.58. The molecule has 0 aromatic rings. The van der Waals surface area contributed by atoms with Gasteiger partial charge in [0.15, 0.2) is 0 Å². The number of rotatable bonds is 3. The van der Waals surface area contributed by atoms with Gasteiger partial charge in [-0.05, 0) is 6.42 Å². The van der Waals surface area contributed by atoms with Gasteiger partial charge >= 0.3 is 0 Å². The van der Waals surface area contributed by atoms with Gasteiger partial charge in [0, 0.05) is 33.1 Å². The van der Waals surface area contributed by atoms with Gasteiger partial charge in [-0.1, -0.05) is 0 Å². The first-order valence-electron chi connectivity index (χ1n) is 6.02. The molecule has 0 aliphatic carbocycles. The second-order valence-electron chi connectivity index (χ2n) is 4.72. The van der Waals surface area contributed by atoms with Gasteiger partial charge in [-0.3, -0.25) is 9.59 Å². The molecule has 0 unspecified atom stereocenters. The molecule has 2 heterocycles. The highest BCUT2D eigenvalue weighted by Crippen LogP contribution is 2.12. The molecule has 2 aliphatic rings. The third-order valence-electron chi connectivity index (χ3n) is 3.54. The van der Waals surface area contributed by atoms with E-state index in [1.54, 1.807) is 16.8 Å². The van der Waals surface area contributed by atoms with Gasteiger partial charge < -0.3 is 20.2 Å². The van der Waals surface area contributed by atoms with Gasteiger partial charge in [0.2, 0.25) is 11.8 Å². The number of aliphatic hydroxyl groups excluding tert-OH is 1. The Kier molecular flexibility index (Phi) is 3.63. The smallest absolute Gasteiger partial charge is 0.242 e. The standard InChI is InChI=1S/C11H19N3O3/c1-13(8-5-12-6-9(8)15)11(17)7-14-4-2-3-10(14)16/h8-9,12,15H,2-7H2,1H3/t8-,9-/m1/s1. The number of nitrogens with one attached hydrogen (secondary N) is 1.